The molecule has 0 amide bonds. The number of rotatable bonds is 7. The highest BCUT2D eigenvalue weighted by Crippen LogP contribution is 2.35. The predicted octanol–water partition coefficient (Wildman–Crippen LogP) is 2.43. The molecular weight excluding hydrogens is 220 g/mol. The Bertz CT molecular complexity index is 176. The first-order valence-electron chi connectivity index (χ1n) is 6.35. The number of aliphatic carboxylic acids is 1. The van der Waals surface area contributed by atoms with Crippen LogP contribution in [0.4, 0.5) is 0 Å². The van der Waals surface area contributed by atoms with Crippen LogP contribution in [-0.2, 0) is 4.79 Å². The summed E-state index contributed by atoms with van der Waals surface area (Å²) in [7, 11) is 0. The van der Waals surface area contributed by atoms with Gasteiger partial charge in [0.15, 0.2) is 0 Å². The van der Waals surface area contributed by atoms with Gasteiger partial charge < -0.3 is 15.3 Å². The molecule has 4 nitrogen and oxygen atoms in total. The molecule has 0 aliphatic rings. The van der Waals surface area contributed by atoms with E-state index in [0.717, 1.165) is 32.6 Å². The molecule has 0 aromatic rings. The first-order chi connectivity index (χ1) is 7.87. The molecule has 3 N–H and O–H groups in total. The molecule has 4 heteroatoms. The van der Waals surface area contributed by atoms with Crippen LogP contribution in [0, 0.1) is 5.41 Å². The molecule has 0 radical (unpaired) electrons. The van der Waals surface area contributed by atoms with Gasteiger partial charge in [-0.3, -0.25) is 4.79 Å². The van der Waals surface area contributed by atoms with Crippen molar-refractivity contribution in [1.29, 1.82) is 0 Å². The Kier molecular flexibility index (Phi) is 11.6. The molecule has 0 fully saturated rings. The van der Waals surface area contributed by atoms with Gasteiger partial charge in [-0.15, -0.1) is 0 Å². The van der Waals surface area contributed by atoms with Crippen molar-refractivity contribution >= 4 is 5.97 Å². The van der Waals surface area contributed by atoms with E-state index in [0.29, 0.717) is 6.42 Å². The molecular formula is C13H28O4. The second-order valence-corrected chi connectivity index (χ2v) is 4.45. The first kappa shape index (κ1) is 18.7. The number of hydrogen-bond acceptors (Lipinski definition) is 3. The van der Waals surface area contributed by atoms with Crippen molar-refractivity contribution in [3.05, 3.63) is 0 Å². The average molecular weight is 248 g/mol. The first-order valence-corrected chi connectivity index (χ1v) is 6.35. The summed E-state index contributed by atoms with van der Waals surface area (Å²) < 4.78 is 0. The zero-order chi connectivity index (χ0) is 13.9. The number of carboxylic acids is 1. The Labute approximate surface area is 105 Å². The SMILES string of the molecule is CC(=O)O.CCC(CC)(CC)CC(O)CCO. The van der Waals surface area contributed by atoms with Crippen LogP contribution >= 0.6 is 0 Å². The van der Waals surface area contributed by atoms with E-state index in [-0.39, 0.29) is 18.1 Å². The van der Waals surface area contributed by atoms with Crippen LogP contribution in [0.1, 0.15) is 59.8 Å². The molecule has 0 rings (SSSR count). The number of hydrogen-bond donors (Lipinski definition) is 3. The van der Waals surface area contributed by atoms with Crippen molar-refractivity contribution < 1.29 is 20.1 Å². The smallest absolute Gasteiger partial charge is 0.300 e. The van der Waals surface area contributed by atoms with Crippen LogP contribution in [0.2, 0.25) is 0 Å². The molecule has 0 bridgehead atoms. The van der Waals surface area contributed by atoms with E-state index >= 15 is 0 Å². The molecule has 1 atom stereocenters. The van der Waals surface area contributed by atoms with Gasteiger partial charge in [0.1, 0.15) is 0 Å². The third-order valence-electron chi connectivity index (χ3n) is 3.38. The molecule has 0 heterocycles. The Morgan fingerprint density at radius 1 is 1.18 bits per heavy atom. The second-order valence-electron chi connectivity index (χ2n) is 4.45. The Balaban J connectivity index is 0. The lowest BCUT2D eigenvalue weighted by atomic mass is 9.75. The summed E-state index contributed by atoms with van der Waals surface area (Å²) in [6.45, 7) is 7.71. The highest BCUT2D eigenvalue weighted by molar-refractivity contribution is 5.62. The van der Waals surface area contributed by atoms with Crippen molar-refractivity contribution in [2.75, 3.05) is 6.61 Å². The molecule has 0 aromatic heterocycles. The third kappa shape index (κ3) is 10.3. The van der Waals surface area contributed by atoms with Gasteiger partial charge in [0.2, 0.25) is 0 Å². The van der Waals surface area contributed by atoms with Gasteiger partial charge in [-0.25, -0.2) is 0 Å². The van der Waals surface area contributed by atoms with Crippen molar-refractivity contribution in [1.82, 2.24) is 0 Å². The van der Waals surface area contributed by atoms with E-state index < -0.39 is 5.97 Å². The lowest BCUT2D eigenvalue weighted by Gasteiger charge is -2.32. The Morgan fingerprint density at radius 3 is 1.76 bits per heavy atom. The van der Waals surface area contributed by atoms with Crippen LogP contribution in [0.15, 0.2) is 0 Å². The van der Waals surface area contributed by atoms with Gasteiger partial charge in [0.05, 0.1) is 6.10 Å². The lowest BCUT2D eigenvalue weighted by Crippen LogP contribution is -2.25. The topological polar surface area (TPSA) is 77.8 Å². The highest BCUT2D eigenvalue weighted by Gasteiger charge is 2.26. The number of carbonyl (C=O) groups is 1. The Morgan fingerprint density at radius 2 is 1.53 bits per heavy atom. The lowest BCUT2D eigenvalue weighted by molar-refractivity contribution is -0.134. The van der Waals surface area contributed by atoms with Crippen LogP contribution in [0.5, 0.6) is 0 Å². The minimum absolute atomic E-state index is 0.0917. The van der Waals surface area contributed by atoms with E-state index in [9.17, 15) is 5.11 Å². The van der Waals surface area contributed by atoms with E-state index in [1.807, 2.05) is 0 Å². The summed E-state index contributed by atoms with van der Waals surface area (Å²) in [6.07, 6.45) is 4.36. The van der Waals surface area contributed by atoms with E-state index in [4.69, 9.17) is 15.0 Å². The van der Waals surface area contributed by atoms with Crippen molar-refractivity contribution in [2.24, 2.45) is 5.41 Å². The Hall–Kier alpha value is -0.610. The molecule has 17 heavy (non-hydrogen) atoms. The zero-order valence-electron chi connectivity index (χ0n) is 11.6. The van der Waals surface area contributed by atoms with E-state index in [2.05, 4.69) is 20.8 Å². The van der Waals surface area contributed by atoms with Crippen molar-refractivity contribution in [2.45, 2.75) is 65.9 Å². The van der Waals surface area contributed by atoms with Gasteiger partial charge in [-0.05, 0) is 18.3 Å². The van der Waals surface area contributed by atoms with E-state index in [1.54, 1.807) is 0 Å². The predicted molar refractivity (Wildman–Crippen MR) is 68.9 cm³/mol. The molecule has 104 valence electrons. The molecule has 0 aliphatic carbocycles. The standard InChI is InChI=1S/C11H24O2.C2H4O2/c1-4-11(5-2,6-3)9-10(13)7-8-12;1-2(3)4/h10,12-13H,4-9H2,1-3H3;1H3,(H,3,4). The molecule has 1 unspecified atom stereocenters. The van der Waals surface area contributed by atoms with Crippen LogP contribution in [-0.4, -0.2) is 34.0 Å². The van der Waals surface area contributed by atoms with Gasteiger partial charge >= 0.3 is 0 Å². The average Bonchev–Trinajstić information content (AvgIpc) is 2.26. The fourth-order valence-electron chi connectivity index (χ4n) is 1.93. The number of carboxylic acid groups (broad SMARTS) is 1. The fraction of sp³-hybridized carbons (Fsp3) is 0.923. The minimum atomic E-state index is -0.833. The summed E-state index contributed by atoms with van der Waals surface area (Å²) in [5, 5.41) is 25.7. The summed E-state index contributed by atoms with van der Waals surface area (Å²) in [4.78, 5) is 9.00. The fourth-order valence-corrected chi connectivity index (χ4v) is 1.93. The molecule has 0 aliphatic heterocycles. The maximum absolute atomic E-state index is 9.62. The summed E-state index contributed by atoms with van der Waals surface area (Å²) in [5.41, 5.74) is 0.286. The van der Waals surface area contributed by atoms with Gasteiger partial charge in [-0.2, -0.15) is 0 Å². The quantitative estimate of drug-likeness (QED) is 0.646. The monoisotopic (exact) mass is 248 g/mol. The van der Waals surface area contributed by atoms with Crippen LogP contribution < -0.4 is 0 Å². The van der Waals surface area contributed by atoms with Crippen LogP contribution in [0.25, 0.3) is 0 Å². The highest BCUT2D eigenvalue weighted by atomic mass is 16.4. The van der Waals surface area contributed by atoms with Gasteiger partial charge in [-0.1, -0.05) is 40.0 Å². The third-order valence-corrected chi connectivity index (χ3v) is 3.38. The largest absolute Gasteiger partial charge is 0.481 e. The molecule has 0 saturated carbocycles. The summed E-state index contributed by atoms with van der Waals surface area (Å²) >= 11 is 0. The normalized spacial score (nSPS) is 12.6. The number of aliphatic hydroxyl groups excluding tert-OH is 2. The van der Waals surface area contributed by atoms with E-state index in [1.165, 1.54) is 0 Å². The molecule has 0 spiro atoms. The van der Waals surface area contributed by atoms with Gasteiger partial charge in [0, 0.05) is 13.5 Å². The zero-order valence-corrected chi connectivity index (χ0v) is 11.6. The van der Waals surface area contributed by atoms with Crippen molar-refractivity contribution in [3.63, 3.8) is 0 Å². The maximum atomic E-state index is 9.62. The van der Waals surface area contributed by atoms with Crippen LogP contribution in [0.3, 0.4) is 0 Å². The van der Waals surface area contributed by atoms with Gasteiger partial charge in [0.25, 0.3) is 5.97 Å². The summed E-state index contributed by atoms with van der Waals surface area (Å²) in [6, 6.07) is 0. The maximum Gasteiger partial charge on any atom is 0.300 e. The number of aliphatic hydroxyl groups is 2. The second kappa shape index (κ2) is 10.5. The molecule has 0 aromatic carbocycles. The molecule has 0 saturated heterocycles. The minimum Gasteiger partial charge on any atom is -0.481 e. The van der Waals surface area contributed by atoms with Crippen molar-refractivity contribution in [3.8, 4) is 0 Å². The summed E-state index contributed by atoms with van der Waals surface area (Å²) in [5.74, 6) is -0.833.